The van der Waals surface area contributed by atoms with E-state index in [2.05, 4.69) is 23.1 Å². The van der Waals surface area contributed by atoms with Crippen LogP contribution in [0.2, 0.25) is 0 Å². The number of aryl methyl sites for hydroxylation is 1. The molecular formula is C17H24N4O2S. The molecule has 3 rings (SSSR count). The van der Waals surface area contributed by atoms with Gasteiger partial charge in [0, 0.05) is 32.0 Å². The molecule has 0 unspecified atom stereocenters. The fourth-order valence-electron chi connectivity index (χ4n) is 3.33. The van der Waals surface area contributed by atoms with Gasteiger partial charge in [0.15, 0.2) is 0 Å². The Morgan fingerprint density at radius 1 is 1.29 bits per heavy atom. The molecule has 3 heterocycles. The van der Waals surface area contributed by atoms with E-state index >= 15 is 0 Å². The van der Waals surface area contributed by atoms with Gasteiger partial charge in [0.2, 0.25) is 10.0 Å². The lowest BCUT2D eigenvalue weighted by Crippen LogP contribution is -2.39. The Morgan fingerprint density at radius 2 is 2.12 bits per heavy atom. The topological polar surface area (TPSA) is 68.1 Å². The SMILES string of the molecule is CCn1nccc1-c1ccc(C[C@H]2CCCN(S(C)(=O)=O)C2)cn1. The van der Waals surface area contributed by atoms with E-state index in [9.17, 15) is 8.42 Å². The second-order valence-corrected chi connectivity index (χ2v) is 8.40. The van der Waals surface area contributed by atoms with Crippen LogP contribution in [0.15, 0.2) is 30.6 Å². The monoisotopic (exact) mass is 348 g/mol. The van der Waals surface area contributed by atoms with Crippen LogP contribution in [0, 0.1) is 5.92 Å². The van der Waals surface area contributed by atoms with Crippen molar-refractivity contribution in [3.63, 3.8) is 0 Å². The van der Waals surface area contributed by atoms with E-state index in [4.69, 9.17) is 0 Å². The summed E-state index contributed by atoms with van der Waals surface area (Å²) in [6.07, 6.45) is 7.85. The Bertz CT molecular complexity index is 783. The molecule has 0 aliphatic carbocycles. The first-order valence-electron chi connectivity index (χ1n) is 8.39. The van der Waals surface area contributed by atoms with Gasteiger partial charge in [-0.25, -0.2) is 12.7 Å². The van der Waals surface area contributed by atoms with Crippen molar-refractivity contribution in [2.45, 2.75) is 32.7 Å². The van der Waals surface area contributed by atoms with E-state index in [0.717, 1.165) is 42.8 Å². The molecule has 0 saturated carbocycles. The Kier molecular flexibility index (Phi) is 5.01. The van der Waals surface area contributed by atoms with Gasteiger partial charge in [-0.1, -0.05) is 6.07 Å². The van der Waals surface area contributed by atoms with Gasteiger partial charge in [0.25, 0.3) is 0 Å². The molecule has 0 aromatic carbocycles. The van der Waals surface area contributed by atoms with Crippen LogP contribution in [0.1, 0.15) is 25.3 Å². The summed E-state index contributed by atoms with van der Waals surface area (Å²) < 4.78 is 27.0. The number of hydrogen-bond donors (Lipinski definition) is 0. The van der Waals surface area contributed by atoms with E-state index in [-0.39, 0.29) is 0 Å². The minimum Gasteiger partial charge on any atom is -0.264 e. The second-order valence-electron chi connectivity index (χ2n) is 6.42. The molecule has 1 aliphatic heterocycles. The van der Waals surface area contributed by atoms with Crippen LogP contribution in [0.4, 0.5) is 0 Å². The Hall–Kier alpha value is -1.73. The minimum atomic E-state index is -3.09. The molecule has 1 saturated heterocycles. The highest BCUT2D eigenvalue weighted by Gasteiger charge is 2.25. The molecule has 0 radical (unpaired) electrons. The van der Waals surface area contributed by atoms with Crippen molar-refractivity contribution >= 4 is 10.0 Å². The zero-order chi connectivity index (χ0) is 17.2. The van der Waals surface area contributed by atoms with Crippen LogP contribution in [0.25, 0.3) is 11.4 Å². The Labute approximate surface area is 143 Å². The zero-order valence-corrected chi connectivity index (χ0v) is 15.0. The first kappa shape index (κ1) is 17.1. The molecule has 0 spiro atoms. The summed E-state index contributed by atoms with van der Waals surface area (Å²) in [5, 5.41) is 4.27. The highest BCUT2D eigenvalue weighted by atomic mass is 32.2. The summed E-state index contributed by atoms with van der Waals surface area (Å²) in [4.78, 5) is 4.57. The highest BCUT2D eigenvalue weighted by molar-refractivity contribution is 7.88. The van der Waals surface area contributed by atoms with Gasteiger partial charge in [-0.2, -0.15) is 5.10 Å². The fraction of sp³-hybridized carbons (Fsp3) is 0.529. The summed E-state index contributed by atoms with van der Waals surface area (Å²) in [5.74, 6) is 0.363. The first-order valence-corrected chi connectivity index (χ1v) is 10.2. The second kappa shape index (κ2) is 7.03. The van der Waals surface area contributed by atoms with E-state index in [1.54, 1.807) is 10.5 Å². The van der Waals surface area contributed by atoms with Crippen LogP contribution in [0.5, 0.6) is 0 Å². The van der Waals surface area contributed by atoms with Crippen molar-refractivity contribution in [1.82, 2.24) is 19.1 Å². The van der Waals surface area contributed by atoms with Gasteiger partial charge in [-0.3, -0.25) is 9.67 Å². The van der Waals surface area contributed by atoms with Crippen LogP contribution in [-0.4, -0.2) is 46.8 Å². The molecule has 7 heteroatoms. The number of rotatable bonds is 5. The third-order valence-corrected chi connectivity index (χ3v) is 5.85. The molecule has 1 aliphatic rings. The van der Waals surface area contributed by atoms with Gasteiger partial charge in [-0.15, -0.1) is 0 Å². The molecule has 0 amide bonds. The largest absolute Gasteiger partial charge is 0.264 e. The number of sulfonamides is 1. The van der Waals surface area contributed by atoms with Crippen LogP contribution in [0.3, 0.4) is 0 Å². The van der Waals surface area contributed by atoms with Crippen molar-refractivity contribution in [2.75, 3.05) is 19.3 Å². The van der Waals surface area contributed by atoms with Crippen molar-refractivity contribution in [1.29, 1.82) is 0 Å². The van der Waals surface area contributed by atoms with Gasteiger partial charge >= 0.3 is 0 Å². The van der Waals surface area contributed by atoms with Crippen molar-refractivity contribution < 1.29 is 8.42 Å². The Morgan fingerprint density at radius 3 is 2.79 bits per heavy atom. The third-order valence-electron chi connectivity index (χ3n) is 4.58. The molecule has 1 fully saturated rings. The Balaban J connectivity index is 1.68. The van der Waals surface area contributed by atoms with Crippen molar-refractivity contribution in [2.24, 2.45) is 5.92 Å². The van der Waals surface area contributed by atoms with E-state index < -0.39 is 10.0 Å². The summed E-state index contributed by atoms with van der Waals surface area (Å²) in [7, 11) is -3.09. The van der Waals surface area contributed by atoms with Gasteiger partial charge in [0.1, 0.15) is 0 Å². The lowest BCUT2D eigenvalue weighted by Gasteiger charge is -2.30. The number of piperidine rings is 1. The summed E-state index contributed by atoms with van der Waals surface area (Å²) in [6, 6.07) is 6.08. The molecule has 24 heavy (non-hydrogen) atoms. The van der Waals surface area contributed by atoms with Crippen LogP contribution in [-0.2, 0) is 23.0 Å². The van der Waals surface area contributed by atoms with E-state index in [1.807, 2.05) is 23.0 Å². The van der Waals surface area contributed by atoms with Crippen molar-refractivity contribution in [3.05, 3.63) is 36.2 Å². The van der Waals surface area contributed by atoms with Crippen molar-refractivity contribution in [3.8, 4) is 11.4 Å². The van der Waals surface area contributed by atoms with E-state index in [1.165, 1.54) is 6.26 Å². The number of aromatic nitrogens is 3. The number of pyridine rings is 1. The summed E-state index contributed by atoms with van der Waals surface area (Å²) in [6.45, 7) is 4.13. The van der Waals surface area contributed by atoms with Crippen LogP contribution < -0.4 is 0 Å². The quantitative estimate of drug-likeness (QED) is 0.830. The number of nitrogens with zero attached hydrogens (tertiary/aromatic N) is 4. The predicted octanol–water partition coefficient (Wildman–Crippen LogP) is 2.18. The predicted molar refractivity (Wildman–Crippen MR) is 94.0 cm³/mol. The summed E-state index contributed by atoms with van der Waals surface area (Å²) >= 11 is 0. The normalized spacial score (nSPS) is 19.5. The molecular weight excluding hydrogens is 324 g/mol. The number of hydrogen-bond acceptors (Lipinski definition) is 4. The molecule has 0 N–H and O–H groups in total. The standard InChI is InChI=1S/C17H24N4O2S/c1-3-21-17(8-9-19-21)16-7-6-14(12-18-16)11-15-5-4-10-20(13-15)24(2,22)23/h6-9,12,15H,3-5,10-11,13H2,1-2H3/t15-/m1/s1. The fourth-order valence-corrected chi connectivity index (χ4v) is 4.27. The van der Waals surface area contributed by atoms with Gasteiger partial charge in [-0.05, 0) is 49.8 Å². The molecule has 2 aromatic heterocycles. The highest BCUT2D eigenvalue weighted by Crippen LogP contribution is 2.23. The maximum Gasteiger partial charge on any atom is 0.211 e. The molecule has 1 atom stereocenters. The lowest BCUT2D eigenvalue weighted by molar-refractivity contribution is 0.266. The minimum absolute atomic E-state index is 0.363. The molecule has 0 bridgehead atoms. The maximum atomic E-state index is 11.7. The molecule has 6 nitrogen and oxygen atoms in total. The molecule has 2 aromatic rings. The van der Waals surface area contributed by atoms with Gasteiger partial charge < -0.3 is 0 Å². The zero-order valence-electron chi connectivity index (χ0n) is 14.2. The van der Waals surface area contributed by atoms with E-state index in [0.29, 0.717) is 19.0 Å². The van der Waals surface area contributed by atoms with Gasteiger partial charge in [0.05, 0.1) is 17.6 Å². The third kappa shape index (κ3) is 3.84. The average Bonchev–Trinajstić information content (AvgIpc) is 3.04. The average molecular weight is 348 g/mol. The summed E-state index contributed by atoms with van der Waals surface area (Å²) in [5.41, 5.74) is 3.09. The maximum absolute atomic E-state index is 11.7. The first-order chi connectivity index (χ1) is 11.5. The van der Waals surface area contributed by atoms with Crippen LogP contribution >= 0.6 is 0 Å². The molecule has 130 valence electrons. The lowest BCUT2D eigenvalue weighted by atomic mass is 9.93. The smallest absolute Gasteiger partial charge is 0.211 e.